The third kappa shape index (κ3) is 1.68. The van der Waals surface area contributed by atoms with E-state index >= 15 is 0 Å². The van der Waals surface area contributed by atoms with Crippen LogP contribution in [-0.2, 0) is 4.79 Å². The first-order chi connectivity index (χ1) is 5.13. The average Bonchev–Trinajstić information content (AvgIpc) is 2.32. The van der Waals surface area contributed by atoms with Crippen molar-refractivity contribution >= 4 is 5.91 Å². The molecule has 1 atom stereocenters. The number of nitrogens with zero attached hydrogens (tertiary/aromatic N) is 2. The summed E-state index contributed by atoms with van der Waals surface area (Å²) in [5.41, 5.74) is 0. The van der Waals surface area contributed by atoms with Crippen LogP contribution in [0.25, 0.3) is 0 Å². The number of likely N-dealkylation sites (tertiary alicyclic amines) is 1. The second-order valence-electron chi connectivity index (χ2n) is 2.66. The smallest absolute Gasteiger partial charge is 0.220 e. The maximum absolute atomic E-state index is 10.8. The second-order valence-corrected chi connectivity index (χ2v) is 2.66. The fraction of sp³-hybridized carbons (Fsp3) is 0.833. The predicted molar refractivity (Wildman–Crippen MR) is 35.8 cm³/mol. The van der Waals surface area contributed by atoms with Crippen molar-refractivity contribution in [2.24, 2.45) is 0 Å². The molecule has 0 aromatic rings. The Kier molecular flexibility index (Phi) is 2.43. The number of hydrogen-bond donors (Lipinski definition) is 2. The Hall–Kier alpha value is -0.650. The standard InChI is InChI=1S/C6H12N2O3/c1-5(9)7-4-2-3-6(7)8(10)11/h6,10-11H,2-4H2,1H3. The third-order valence-electron chi connectivity index (χ3n) is 1.89. The van der Waals surface area contributed by atoms with Crippen LogP contribution in [0.1, 0.15) is 19.8 Å². The number of rotatable bonds is 1. The van der Waals surface area contributed by atoms with Crippen molar-refractivity contribution in [2.75, 3.05) is 6.54 Å². The van der Waals surface area contributed by atoms with Crippen molar-refractivity contribution in [1.29, 1.82) is 0 Å². The van der Waals surface area contributed by atoms with Crippen LogP contribution in [0.3, 0.4) is 0 Å². The van der Waals surface area contributed by atoms with Gasteiger partial charge in [-0.2, -0.15) is 0 Å². The van der Waals surface area contributed by atoms with Crippen LogP contribution in [0.15, 0.2) is 0 Å². The van der Waals surface area contributed by atoms with Crippen molar-refractivity contribution in [3.8, 4) is 0 Å². The zero-order valence-electron chi connectivity index (χ0n) is 6.40. The van der Waals surface area contributed by atoms with Gasteiger partial charge < -0.3 is 4.90 Å². The highest BCUT2D eigenvalue weighted by Crippen LogP contribution is 2.17. The maximum Gasteiger partial charge on any atom is 0.220 e. The van der Waals surface area contributed by atoms with Crippen LogP contribution in [0.2, 0.25) is 0 Å². The van der Waals surface area contributed by atoms with Gasteiger partial charge in [0.25, 0.3) is 0 Å². The zero-order valence-corrected chi connectivity index (χ0v) is 6.40. The lowest BCUT2D eigenvalue weighted by atomic mass is 10.3. The summed E-state index contributed by atoms with van der Waals surface area (Å²) in [7, 11) is 0. The van der Waals surface area contributed by atoms with Gasteiger partial charge in [-0.3, -0.25) is 15.2 Å². The molecule has 0 bridgehead atoms. The molecule has 1 unspecified atom stereocenters. The quantitative estimate of drug-likeness (QED) is 0.531. The summed E-state index contributed by atoms with van der Waals surface area (Å²) in [6.45, 7) is 2.03. The number of amides is 1. The molecule has 0 aromatic carbocycles. The van der Waals surface area contributed by atoms with Crippen LogP contribution in [0.4, 0.5) is 0 Å². The molecule has 0 aromatic heterocycles. The van der Waals surface area contributed by atoms with E-state index in [1.807, 2.05) is 0 Å². The first-order valence-electron chi connectivity index (χ1n) is 3.57. The van der Waals surface area contributed by atoms with Crippen molar-refractivity contribution in [1.82, 2.24) is 10.1 Å². The van der Waals surface area contributed by atoms with Gasteiger partial charge in [-0.05, 0) is 18.1 Å². The lowest BCUT2D eigenvalue weighted by molar-refractivity contribution is -0.347. The number of carbonyl (C=O) groups excluding carboxylic acids is 1. The lowest BCUT2D eigenvalue weighted by Gasteiger charge is -2.25. The molecule has 0 aliphatic carbocycles. The molecule has 1 aliphatic heterocycles. The average molecular weight is 160 g/mol. The highest BCUT2D eigenvalue weighted by molar-refractivity contribution is 5.73. The molecular formula is C6H12N2O3. The summed E-state index contributed by atoms with van der Waals surface area (Å²) in [4.78, 5) is 12.3. The summed E-state index contributed by atoms with van der Waals surface area (Å²) >= 11 is 0. The Labute approximate surface area is 64.7 Å². The van der Waals surface area contributed by atoms with Crippen molar-refractivity contribution in [3.63, 3.8) is 0 Å². The van der Waals surface area contributed by atoms with Gasteiger partial charge in [-0.15, -0.1) is 0 Å². The number of hydroxylamine groups is 2. The van der Waals surface area contributed by atoms with E-state index in [9.17, 15) is 4.79 Å². The van der Waals surface area contributed by atoms with Gasteiger partial charge in [-0.25, -0.2) is 0 Å². The van der Waals surface area contributed by atoms with Crippen molar-refractivity contribution in [3.05, 3.63) is 0 Å². The predicted octanol–water partition coefficient (Wildman–Crippen LogP) is 0.0352. The molecule has 11 heavy (non-hydrogen) atoms. The van der Waals surface area contributed by atoms with Crippen molar-refractivity contribution < 1.29 is 15.2 Å². The van der Waals surface area contributed by atoms with E-state index in [4.69, 9.17) is 10.4 Å². The normalized spacial score (nSPS) is 24.7. The molecule has 1 rings (SSSR count). The van der Waals surface area contributed by atoms with Gasteiger partial charge in [0.05, 0.1) is 0 Å². The summed E-state index contributed by atoms with van der Waals surface area (Å²) in [5, 5.41) is 17.4. The molecule has 0 radical (unpaired) electrons. The van der Waals surface area contributed by atoms with E-state index in [-0.39, 0.29) is 11.1 Å². The largest absolute Gasteiger partial charge is 0.323 e. The fourth-order valence-electron chi connectivity index (χ4n) is 1.36. The van der Waals surface area contributed by atoms with E-state index in [0.29, 0.717) is 13.0 Å². The molecule has 2 N–H and O–H groups in total. The van der Waals surface area contributed by atoms with E-state index in [1.165, 1.54) is 11.8 Å². The van der Waals surface area contributed by atoms with Crippen LogP contribution in [0.5, 0.6) is 0 Å². The minimum absolute atomic E-state index is 0.106. The maximum atomic E-state index is 10.8. The number of carbonyl (C=O) groups is 1. The molecule has 64 valence electrons. The Balaban J connectivity index is 2.58. The van der Waals surface area contributed by atoms with Gasteiger partial charge in [0, 0.05) is 13.5 Å². The van der Waals surface area contributed by atoms with Gasteiger partial charge >= 0.3 is 0 Å². The Morgan fingerprint density at radius 3 is 2.64 bits per heavy atom. The monoisotopic (exact) mass is 160 g/mol. The molecular weight excluding hydrogens is 148 g/mol. The highest BCUT2D eigenvalue weighted by Gasteiger charge is 2.30. The van der Waals surface area contributed by atoms with E-state index in [2.05, 4.69) is 0 Å². The van der Waals surface area contributed by atoms with Gasteiger partial charge in [0.15, 0.2) is 0 Å². The van der Waals surface area contributed by atoms with E-state index in [0.717, 1.165) is 6.42 Å². The van der Waals surface area contributed by atoms with E-state index in [1.54, 1.807) is 0 Å². The summed E-state index contributed by atoms with van der Waals surface area (Å²) in [5.74, 6) is -0.124. The molecule has 1 fully saturated rings. The van der Waals surface area contributed by atoms with E-state index < -0.39 is 6.17 Å². The molecule has 1 amide bonds. The molecule has 5 nitrogen and oxygen atoms in total. The first kappa shape index (κ1) is 8.45. The molecule has 0 spiro atoms. The lowest BCUT2D eigenvalue weighted by Crippen LogP contribution is -2.43. The van der Waals surface area contributed by atoms with Gasteiger partial charge in [0.1, 0.15) is 6.17 Å². The van der Waals surface area contributed by atoms with Crippen LogP contribution in [-0.4, -0.2) is 39.2 Å². The zero-order chi connectivity index (χ0) is 8.43. The Morgan fingerprint density at radius 1 is 1.64 bits per heavy atom. The minimum atomic E-state index is -0.549. The Morgan fingerprint density at radius 2 is 2.27 bits per heavy atom. The highest BCUT2D eigenvalue weighted by atomic mass is 16.8. The fourth-order valence-corrected chi connectivity index (χ4v) is 1.36. The molecule has 0 saturated carbocycles. The SMILES string of the molecule is CC(=O)N1CCCC1N(O)O. The number of hydrogen-bond acceptors (Lipinski definition) is 4. The molecule has 1 saturated heterocycles. The minimum Gasteiger partial charge on any atom is -0.323 e. The molecule has 5 heteroatoms. The summed E-state index contributed by atoms with van der Waals surface area (Å²) < 4.78 is 0. The third-order valence-corrected chi connectivity index (χ3v) is 1.89. The molecule has 1 aliphatic rings. The van der Waals surface area contributed by atoms with Gasteiger partial charge in [0.2, 0.25) is 5.91 Å². The van der Waals surface area contributed by atoms with Crippen LogP contribution < -0.4 is 0 Å². The molecule has 1 heterocycles. The van der Waals surface area contributed by atoms with Crippen molar-refractivity contribution in [2.45, 2.75) is 25.9 Å². The topological polar surface area (TPSA) is 64.0 Å². The summed E-state index contributed by atoms with van der Waals surface area (Å²) in [6.07, 6.45) is 0.890. The summed E-state index contributed by atoms with van der Waals surface area (Å²) in [6, 6.07) is 0. The van der Waals surface area contributed by atoms with Crippen LogP contribution in [0, 0.1) is 0 Å². The second kappa shape index (κ2) is 3.17. The first-order valence-corrected chi connectivity index (χ1v) is 3.57. The van der Waals surface area contributed by atoms with Gasteiger partial charge in [-0.1, -0.05) is 0 Å². The van der Waals surface area contributed by atoms with Crippen LogP contribution >= 0.6 is 0 Å². The Bertz CT molecular complexity index is 160.